The third kappa shape index (κ3) is 1.71. The molecule has 0 atom stereocenters. The fraction of sp³-hybridized carbons (Fsp3) is 0.462. The summed E-state index contributed by atoms with van der Waals surface area (Å²) in [5, 5.41) is 12.3. The SMILES string of the molecule is Cc1cc2c(c(C(C)(C)CO)c1)NC(=O)C2. The summed E-state index contributed by atoms with van der Waals surface area (Å²) in [4.78, 5) is 11.4. The van der Waals surface area contributed by atoms with Crippen molar-refractivity contribution in [1.82, 2.24) is 0 Å². The number of aliphatic hydroxyl groups is 1. The molecule has 0 aliphatic carbocycles. The summed E-state index contributed by atoms with van der Waals surface area (Å²) in [6, 6.07) is 4.07. The molecule has 2 N–H and O–H groups in total. The molecule has 0 spiro atoms. The van der Waals surface area contributed by atoms with E-state index < -0.39 is 0 Å². The highest BCUT2D eigenvalue weighted by Crippen LogP contribution is 2.36. The smallest absolute Gasteiger partial charge is 0.228 e. The largest absolute Gasteiger partial charge is 0.395 e. The second-order valence-corrected chi connectivity index (χ2v) is 5.11. The van der Waals surface area contributed by atoms with Gasteiger partial charge >= 0.3 is 0 Å². The van der Waals surface area contributed by atoms with Crippen LogP contribution < -0.4 is 5.32 Å². The van der Waals surface area contributed by atoms with Crippen LogP contribution in [0.4, 0.5) is 5.69 Å². The maximum absolute atomic E-state index is 11.4. The van der Waals surface area contributed by atoms with Crippen LogP contribution in [0.5, 0.6) is 0 Å². The van der Waals surface area contributed by atoms with Crippen molar-refractivity contribution in [3.05, 3.63) is 28.8 Å². The minimum Gasteiger partial charge on any atom is -0.395 e. The van der Waals surface area contributed by atoms with Gasteiger partial charge in [0.25, 0.3) is 0 Å². The first-order valence-electron chi connectivity index (χ1n) is 5.49. The molecule has 1 heterocycles. The van der Waals surface area contributed by atoms with E-state index in [2.05, 4.69) is 5.32 Å². The first kappa shape index (κ1) is 11.1. The van der Waals surface area contributed by atoms with E-state index >= 15 is 0 Å². The fourth-order valence-corrected chi connectivity index (χ4v) is 2.12. The number of rotatable bonds is 2. The monoisotopic (exact) mass is 219 g/mol. The third-order valence-corrected chi connectivity index (χ3v) is 3.10. The molecule has 0 saturated heterocycles. The number of hydrogen-bond acceptors (Lipinski definition) is 2. The predicted molar refractivity (Wildman–Crippen MR) is 63.6 cm³/mol. The molecule has 3 heteroatoms. The second kappa shape index (κ2) is 3.59. The van der Waals surface area contributed by atoms with Gasteiger partial charge in [0.15, 0.2) is 0 Å². The minimum atomic E-state index is -0.326. The van der Waals surface area contributed by atoms with Crippen molar-refractivity contribution in [2.75, 3.05) is 11.9 Å². The summed E-state index contributed by atoms with van der Waals surface area (Å²) in [5.41, 5.74) is 3.77. The highest BCUT2D eigenvalue weighted by Gasteiger charge is 2.29. The number of aliphatic hydroxyl groups excluding tert-OH is 1. The van der Waals surface area contributed by atoms with Gasteiger partial charge in [-0.15, -0.1) is 0 Å². The summed E-state index contributed by atoms with van der Waals surface area (Å²) in [6.07, 6.45) is 0.450. The van der Waals surface area contributed by atoms with E-state index in [-0.39, 0.29) is 17.9 Å². The molecule has 1 amide bonds. The topological polar surface area (TPSA) is 49.3 Å². The van der Waals surface area contributed by atoms with Crippen LogP contribution in [-0.4, -0.2) is 17.6 Å². The minimum absolute atomic E-state index is 0.0376. The lowest BCUT2D eigenvalue weighted by molar-refractivity contribution is -0.115. The van der Waals surface area contributed by atoms with Crippen molar-refractivity contribution >= 4 is 11.6 Å². The Hall–Kier alpha value is -1.35. The molecular formula is C13H17NO2. The zero-order valence-electron chi connectivity index (χ0n) is 9.92. The first-order valence-corrected chi connectivity index (χ1v) is 5.49. The van der Waals surface area contributed by atoms with Gasteiger partial charge in [0.1, 0.15) is 0 Å². The van der Waals surface area contributed by atoms with Gasteiger partial charge in [0.2, 0.25) is 5.91 Å². The molecule has 3 nitrogen and oxygen atoms in total. The van der Waals surface area contributed by atoms with Crippen molar-refractivity contribution < 1.29 is 9.90 Å². The van der Waals surface area contributed by atoms with Crippen LogP contribution in [0.15, 0.2) is 12.1 Å². The van der Waals surface area contributed by atoms with Gasteiger partial charge in [-0.05, 0) is 18.1 Å². The van der Waals surface area contributed by atoms with Crippen LogP contribution in [0.3, 0.4) is 0 Å². The van der Waals surface area contributed by atoms with E-state index in [1.54, 1.807) is 0 Å². The number of aryl methyl sites for hydroxylation is 1. The van der Waals surface area contributed by atoms with Crippen molar-refractivity contribution in [2.24, 2.45) is 0 Å². The van der Waals surface area contributed by atoms with E-state index in [0.29, 0.717) is 6.42 Å². The van der Waals surface area contributed by atoms with Crippen molar-refractivity contribution in [3.63, 3.8) is 0 Å². The first-order chi connectivity index (χ1) is 7.44. The van der Waals surface area contributed by atoms with Gasteiger partial charge in [0.05, 0.1) is 13.0 Å². The zero-order chi connectivity index (χ0) is 11.9. The zero-order valence-corrected chi connectivity index (χ0v) is 9.92. The Morgan fingerprint density at radius 1 is 1.44 bits per heavy atom. The van der Waals surface area contributed by atoms with Gasteiger partial charge in [-0.1, -0.05) is 31.5 Å². The molecule has 0 fully saturated rings. The number of hydrogen-bond donors (Lipinski definition) is 2. The molecule has 0 saturated carbocycles. The van der Waals surface area contributed by atoms with E-state index in [9.17, 15) is 9.90 Å². The van der Waals surface area contributed by atoms with E-state index in [0.717, 1.165) is 22.4 Å². The lowest BCUT2D eigenvalue weighted by Gasteiger charge is -2.25. The van der Waals surface area contributed by atoms with Crippen LogP contribution in [-0.2, 0) is 16.6 Å². The van der Waals surface area contributed by atoms with Crippen molar-refractivity contribution in [3.8, 4) is 0 Å². The Kier molecular flexibility index (Phi) is 2.50. The Balaban J connectivity index is 2.59. The number of carbonyl (C=O) groups excluding carboxylic acids is 1. The molecule has 0 radical (unpaired) electrons. The van der Waals surface area contributed by atoms with Crippen LogP contribution in [0.1, 0.15) is 30.5 Å². The van der Waals surface area contributed by atoms with Crippen molar-refractivity contribution in [1.29, 1.82) is 0 Å². The standard InChI is InChI=1S/C13H17NO2/c1-8-4-9-6-11(16)14-12(9)10(5-8)13(2,3)7-15/h4-5,15H,6-7H2,1-3H3,(H,14,16). The average Bonchev–Trinajstić information content (AvgIpc) is 2.56. The lowest BCUT2D eigenvalue weighted by atomic mass is 9.82. The Morgan fingerprint density at radius 2 is 2.12 bits per heavy atom. The maximum Gasteiger partial charge on any atom is 0.228 e. The lowest BCUT2D eigenvalue weighted by Crippen LogP contribution is -2.23. The number of anilines is 1. The van der Waals surface area contributed by atoms with Crippen LogP contribution >= 0.6 is 0 Å². The molecule has 1 aliphatic rings. The molecule has 1 aliphatic heterocycles. The molecule has 0 bridgehead atoms. The highest BCUT2D eigenvalue weighted by molar-refractivity contribution is 6.00. The van der Waals surface area contributed by atoms with Crippen LogP contribution in [0.2, 0.25) is 0 Å². The van der Waals surface area contributed by atoms with E-state index in [1.165, 1.54) is 0 Å². The van der Waals surface area contributed by atoms with E-state index in [1.807, 2.05) is 32.9 Å². The second-order valence-electron chi connectivity index (χ2n) is 5.11. The summed E-state index contributed by atoms with van der Waals surface area (Å²) < 4.78 is 0. The molecule has 2 rings (SSSR count). The van der Waals surface area contributed by atoms with Crippen LogP contribution in [0.25, 0.3) is 0 Å². The normalized spacial score (nSPS) is 14.9. The van der Waals surface area contributed by atoms with Crippen molar-refractivity contribution in [2.45, 2.75) is 32.6 Å². The summed E-state index contributed by atoms with van der Waals surface area (Å²) in [5.74, 6) is 0.0376. The van der Waals surface area contributed by atoms with Gasteiger partial charge in [-0.25, -0.2) is 0 Å². The molecule has 1 aromatic rings. The predicted octanol–water partition coefficient (Wildman–Crippen LogP) is 1.76. The fourth-order valence-electron chi connectivity index (χ4n) is 2.12. The summed E-state index contributed by atoms with van der Waals surface area (Å²) in [6.45, 7) is 6.04. The number of fused-ring (bicyclic) bond motifs is 1. The van der Waals surface area contributed by atoms with Crippen LogP contribution in [0, 0.1) is 6.92 Å². The Morgan fingerprint density at radius 3 is 2.75 bits per heavy atom. The van der Waals surface area contributed by atoms with Gasteiger partial charge in [-0.2, -0.15) is 0 Å². The van der Waals surface area contributed by atoms with Gasteiger partial charge in [-0.3, -0.25) is 4.79 Å². The molecule has 86 valence electrons. The van der Waals surface area contributed by atoms with E-state index in [4.69, 9.17) is 0 Å². The summed E-state index contributed by atoms with van der Waals surface area (Å²) in [7, 11) is 0. The Bertz CT molecular complexity index is 449. The number of benzene rings is 1. The highest BCUT2D eigenvalue weighted by atomic mass is 16.3. The maximum atomic E-state index is 11.4. The molecular weight excluding hydrogens is 202 g/mol. The molecule has 16 heavy (non-hydrogen) atoms. The van der Waals surface area contributed by atoms with Gasteiger partial charge < -0.3 is 10.4 Å². The number of amides is 1. The van der Waals surface area contributed by atoms with Gasteiger partial charge in [0, 0.05) is 11.1 Å². The Labute approximate surface area is 95.5 Å². The molecule has 0 aromatic heterocycles. The number of carbonyl (C=O) groups is 1. The number of nitrogens with one attached hydrogen (secondary N) is 1. The summed E-state index contributed by atoms with van der Waals surface area (Å²) >= 11 is 0. The molecule has 0 unspecified atom stereocenters. The average molecular weight is 219 g/mol. The third-order valence-electron chi connectivity index (χ3n) is 3.10. The quantitative estimate of drug-likeness (QED) is 0.796. The molecule has 1 aromatic carbocycles.